The SMILES string of the molecule is Cc1c(-c2ccccc2)c2c3ccc(C#N)cc3n3c4cc(C#N)ccc4c(c1-c1ccccc1)c23. The van der Waals surface area contributed by atoms with Gasteiger partial charge in [-0.1, -0.05) is 72.8 Å². The van der Waals surface area contributed by atoms with Crippen molar-refractivity contribution in [3.8, 4) is 34.4 Å². The molecule has 2 heterocycles. The molecular formula is C33H19N3. The van der Waals surface area contributed by atoms with Crippen molar-refractivity contribution in [1.29, 1.82) is 10.5 Å². The van der Waals surface area contributed by atoms with E-state index in [-0.39, 0.29) is 0 Å². The molecule has 166 valence electrons. The van der Waals surface area contributed by atoms with Crippen molar-refractivity contribution >= 4 is 38.1 Å². The first-order chi connectivity index (χ1) is 17.7. The molecule has 7 rings (SSSR count). The van der Waals surface area contributed by atoms with Crippen LogP contribution < -0.4 is 0 Å². The van der Waals surface area contributed by atoms with Crippen molar-refractivity contribution in [3.63, 3.8) is 0 Å². The summed E-state index contributed by atoms with van der Waals surface area (Å²) in [5.74, 6) is 0. The predicted octanol–water partition coefficient (Wildman–Crippen LogP) is 8.22. The summed E-state index contributed by atoms with van der Waals surface area (Å²) in [6.45, 7) is 2.22. The Labute approximate surface area is 208 Å². The van der Waals surface area contributed by atoms with Crippen LogP contribution in [-0.2, 0) is 0 Å². The Kier molecular flexibility index (Phi) is 4.19. The summed E-state index contributed by atoms with van der Waals surface area (Å²) < 4.78 is 2.26. The summed E-state index contributed by atoms with van der Waals surface area (Å²) in [6.07, 6.45) is 0. The van der Waals surface area contributed by atoms with Gasteiger partial charge in [0.05, 0.1) is 39.8 Å². The Hall–Kier alpha value is -5.12. The zero-order chi connectivity index (χ0) is 24.4. The molecule has 0 atom stereocenters. The van der Waals surface area contributed by atoms with Gasteiger partial charge < -0.3 is 4.40 Å². The van der Waals surface area contributed by atoms with Gasteiger partial charge in [-0.15, -0.1) is 0 Å². The van der Waals surface area contributed by atoms with Crippen molar-refractivity contribution in [3.05, 3.63) is 114 Å². The second kappa shape index (κ2) is 7.44. The molecule has 0 aliphatic heterocycles. The Morgan fingerprint density at radius 1 is 0.583 bits per heavy atom. The molecule has 0 aliphatic rings. The molecule has 36 heavy (non-hydrogen) atoms. The quantitative estimate of drug-likeness (QED) is 0.263. The van der Waals surface area contributed by atoms with Crippen molar-refractivity contribution < 1.29 is 0 Å². The Bertz CT molecular complexity index is 1910. The van der Waals surface area contributed by atoms with Gasteiger partial charge in [-0.3, -0.25) is 0 Å². The lowest BCUT2D eigenvalue weighted by Gasteiger charge is -2.16. The fourth-order valence-corrected chi connectivity index (χ4v) is 5.91. The van der Waals surface area contributed by atoms with Crippen LogP contribution in [0, 0.1) is 29.6 Å². The van der Waals surface area contributed by atoms with Gasteiger partial charge in [-0.05, 0) is 59.0 Å². The lowest BCUT2D eigenvalue weighted by Crippen LogP contribution is -1.92. The van der Waals surface area contributed by atoms with Crippen LogP contribution in [0.4, 0.5) is 0 Å². The van der Waals surface area contributed by atoms with E-state index in [0.717, 1.165) is 38.4 Å². The number of rotatable bonds is 2. The van der Waals surface area contributed by atoms with Crippen LogP contribution in [-0.4, -0.2) is 4.40 Å². The molecule has 0 N–H and O–H groups in total. The second-order valence-corrected chi connectivity index (χ2v) is 9.23. The zero-order valence-electron chi connectivity index (χ0n) is 19.6. The van der Waals surface area contributed by atoms with E-state index in [1.54, 1.807) is 0 Å². The first-order valence-corrected chi connectivity index (χ1v) is 11.9. The molecule has 2 aromatic heterocycles. The predicted molar refractivity (Wildman–Crippen MR) is 146 cm³/mol. The van der Waals surface area contributed by atoms with E-state index in [0.29, 0.717) is 11.1 Å². The largest absolute Gasteiger partial charge is 0.308 e. The molecule has 0 unspecified atom stereocenters. The summed E-state index contributed by atoms with van der Waals surface area (Å²) >= 11 is 0. The van der Waals surface area contributed by atoms with Crippen molar-refractivity contribution in [2.24, 2.45) is 0 Å². The molecule has 0 radical (unpaired) electrons. The smallest absolute Gasteiger partial charge is 0.0992 e. The Morgan fingerprint density at radius 2 is 1.03 bits per heavy atom. The number of hydrogen-bond donors (Lipinski definition) is 0. The molecule has 0 amide bonds. The summed E-state index contributed by atoms with van der Waals surface area (Å²) in [7, 11) is 0. The van der Waals surface area contributed by atoms with E-state index in [1.807, 2.05) is 36.4 Å². The minimum absolute atomic E-state index is 0.620. The lowest BCUT2D eigenvalue weighted by atomic mass is 9.86. The van der Waals surface area contributed by atoms with Crippen LogP contribution in [0.25, 0.3) is 60.3 Å². The van der Waals surface area contributed by atoms with E-state index in [9.17, 15) is 10.5 Å². The van der Waals surface area contributed by atoms with Crippen LogP contribution in [0.3, 0.4) is 0 Å². The third-order valence-corrected chi connectivity index (χ3v) is 7.35. The number of hydrogen-bond acceptors (Lipinski definition) is 2. The maximum Gasteiger partial charge on any atom is 0.0992 e. The fourth-order valence-electron chi connectivity index (χ4n) is 5.91. The van der Waals surface area contributed by atoms with Crippen LogP contribution in [0.5, 0.6) is 0 Å². The van der Waals surface area contributed by atoms with Crippen molar-refractivity contribution in [2.45, 2.75) is 6.92 Å². The van der Waals surface area contributed by atoms with Crippen LogP contribution in [0.15, 0.2) is 97.1 Å². The summed E-state index contributed by atoms with van der Waals surface area (Å²) in [4.78, 5) is 0. The fraction of sp³-hybridized carbons (Fsp3) is 0.0303. The van der Waals surface area contributed by atoms with Crippen LogP contribution in [0.1, 0.15) is 16.7 Å². The van der Waals surface area contributed by atoms with Crippen LogP contribution >= 0.6 is 0 Å². The molecule has 0 saturated carbocycles. The zero-order valence-corrected chi connectivity index (χ0v) is 19.6. The highest BCUT2D eigenvalue weighted by Gasteiger charge is 2.26. The summed E-state index contributed by atoms with van der Waals surface area (Å²) in [6, 6.07) is 37.6. The summed E-state index contributed by atoms with van der Waals surface area (Å²) in [5, 5.41) is 24.0. The molecule has 0 saturated heterocycles. The number of benzene rings is 5. The third kappa shape index (κ3) is 2.60. The Morgan fingerprint density at radius 3 is 1.44 bits per heavy atom. The van der Waals surface area contributed by atoms with E-state index in [1.165, 1.54) is 27.5 Å². The van der Waals surface area contributed by atoms with E-state index in [4.69, 9.17) is 0 Å². The maximum absolute atomic E-state index is 9.69. The first-order valence-electron chi connectivity index (χ1n) is 11.9. The van der Waals surface area contributed by atoms with Crippen molar-refractivity contribution in [2.75, 3.05) is 0 Å². The molecule has 0 aliphatic carbocycles. The molecule has 7 aromatic rings. The van der Waals surface area contributed by atoms with Crippen molar-refractivity contribution in [1.82, 2.24) is 4.40 Å². The third-order valence-electron chi connectivity index (χ3n) is 7.35. The highest BCUT2D eigenvalue weighted by molar-refractivity contribution is 6.31. The highest BCUT2D eigenvalue weighted by Crippen LogP contribution is 2.50. The lowest BCUT2D eigenvalue weighted by molar-refractivity contribution is 1.36. The molecule has 0 spiro atoms. The van der Waals surface area contributed by atoms with Gasteiger partial charge >= 0.3 is 0 Å². The minimum atomic E-state index is 0.620. The number of nitriles is 2. The average molecular weight is 458 g/mol. The topological polar surface area (TPSA) is 52.0 Å². The standard InChI is InChI=1S/C33H19N3/c1-20-29(23-8-4-2-5-9-23)31-25-14-12-21(18-34)16-27(25)36-28-17-22(19-35)13-15-26(28)32(33(31)36)30(20)24-10-6-3-7-11-24/h2-17H,1H3. The monoisotopic (exact) mass is 457 g/mol. The molecule has 3 nitrogen and oxygen atoms in total. The summed E-state index contributed by atoms with van der Waals surface area (Å²) in [5.41, 5.74) is 10.3. The highest BCUT2D eigenvalue weighted by atomic mass is 14.9. The number of aromatic nitrogens is 1. The second-order valence-electron chi connectivity index (χ2n) is 9.23. The van der Waals surface area contributed by atoms with Gasteiger partial charge in [-0.2, -0.15) is 10.5 Å². The van der Waals surface area contributed by atoms with E-state index >= 15 is 0 Å². The molecule has 0 fully saturated rings. The first kappa shape index (κ1) is 20.3. The number of nitrogens with zero attached hydrogens (tertiary/aromatic N) is 3. The minimum Gasteiger partial charge on any atom is -0.308 e. The van der Waals surface area contributed by atoms with E-state index in [2.05, 4.69) is 84.1 Å². The molecular weight excluding hydrogens is 438 g/mol. The van der Waals surface area contributed by atoms with E-state index < -0.39 is 0 Å². The molecule has 0 bridgehead atoms. The van der Waals surface area contributed by atoms with Gasteiger partial charge in [0.2, 0.25) is 0 Å². The van der Waals surface area contributed by atoms with Gasteiger partial charge in [-0.25, -0.2) is 0 Å². The molecule has 5 aromatic carbocycles. The van der Waals surface area contributed by atoms with Crippen LogP contribution in [0.2, 0.25) is 0 Å². The average Bonchev–Trinajstić information content (AvgIpc) is 3.44. The van der Waals surface area contributed by atoms with Gasteiger partial charge in [0.15, 0.2) is 0 Å². The number of fused-ring (bicyclic) bond motifs is 6. The normalized spacial score (nSPS) is 11.4. The maximum atomic E-state index is 9.69. The van der Waals surface area contributed by atoms with Gasteiger partial charge in [0, 0.05) is 21.5 Å². The van der Waals surface area contributed by atoms with Gasteiger partial charge in [0.25, 0.3) is 0 Å². The van der Waals surface area contributed by atoms with Gasteiger partial charge in [0.1, 0.15) is 0 Å². The molecule has 3 heteroatoms. The Balaban J connectivity index is 1.85.